The number of benzene rings is 2. The van der Waals surface area contributed by atoms with Gasteiger partial charge in [-0.3, -0.25) is 4.79 Å². The summed E-state index contributed by atoms with van der Waals surface area (Å²) in [6.07, 6.45) is -0.752. The predicted octanol–water partition coefficient (Wildman–Crippen LogP) is 2.45. The van der Waals surface area contributed by atoms with Gasteiger partial charge in [-0.25, -0.2) is 4.79 Å². The van der Waals surface area contributed by atoms with Crippen LogP contribution in [0.1, 0.15) is 22.0 Å². The van der Waals surface area contributed by atoms with E-state index in [2.05, 4.69) is 0 Å². The topological polar surface area (TPSA) is 65.1 Å². The molecule has 0 saturated carbocycles. The third-order valence-corrected chi connectivity index (χ3v) is 4.18. The number of carbonyl (C=O) groups excluding carboxylic acids is 2. The largest absolute Gasteiger partial charge is 0.476 e. The van der Waals surface area contributed by atoms with Crippen LogP contribution in [0, 0.1) is 0 Å². The second kappa shape index (κ2) is 8.49. The average Bonchev–Trinajstić information content (AvgIpc) is 2.72. The highest BCUT2D eigenvalue weighted by atomic mass is 16.5. The summed E-state index contributed by atoms with van der Waals surface area (Å²) in [6, 6.07) is 15.9. The zero-order valence-electron chi connectivity index (χ0n) is 14.6. The number of ether oxygens (including phenoxy) is 3. The monoisotopic (exact) mass is 355 g/mol. The molecule has 1 heterocycles. The van der Waals surface area contributed by atoms with Crippen LogP contribution < -0.4 is 4.74 Å². The van der Waals surface area contributed by atoms with Gasteiger partial charge in [0.05, 0.1) is 25.9 Å². The highest BCUT2D eigenvalue weighted by Crippen LogP contribution is 2.25. The number of rotatable bonds is 5. The zero-order valence-corrected chi connectivity index (χ0v) is 14.6. The maximum absolute atomic E-state index is 13.0. The van der Waals surface area contributed by atoms with E-state index in [1.54, 1.807) is 29.2 Å². The van der Waals surface area contributed by atoms with Gasteiger partial charge in [0.1, 0.15) is 5.75 Å². The van der Waals surface area contributed by atoms with Gasteiger partial charge in [0.25, 0.3) is 5.91 Å². The number of amides is 1. The van der Waals surface area contributed by atoms with Crippen LogP contribution in [0.2, 0.25) is 0 Å². The van der Waals surface area contributed by atoms with Crippen molar-refractivity contribution in [2.24, 2.45) is 0 Å². The molecule has 1 atom stereocenters. The number of carbonyl (C=O) groups is 2. The third kappa shape index (κ3) is 4.21. The summed E-state index contributed by atoms with van der Waals surface area (Å²) in [5.41, 5.74) is 1.21. The SMILES string of the molecule is COC(=O)c1ccc(O[C@H](C(=O)N2CCOCC2)c2ccccc2)cc1. The van der Waals surface area contributed by atoms with Crippen LogP contribution in [0.25, 0.3) is 0 Å². The summed E-state index contributed by atoms with van der Waals surface area (Å²) in [4.78, 5) is 26.3. The van der Waals surface area contributed by atoms with Gasteiger partial charge in [-0.1, -0.05) is 30.3 Å². The van der Waals surface area contributed by atoms with Crippen molar-refractivity contribution in [2.75, 3.05) is 33.4 Å². The van der Waals surface area contributed by atoms with Crippen LogP contribution in [0.4, 0.5) is 0 Å². The lowest BCUT2D eigenvalue weighted by molar-refractivity contribution is -0.143. The van der Waals surface area contributed by atoms with Crippen molar-refractivity contribution in [3.63, 3.8) is 0 Å². The highest BCUT2D eigenvalue weighted by Gasteiger charge is 2.29. The van der Waals surface area contributed by atoms with Crippen molar-refractivity contribution in [2.45, 2.75) is 6.10 Å². The molecule has 1 fully saturated rings. The average molecular weight is 355 g/mol. The van der Waals surface area contributed by atoms with Gasteiger partial charge in [-0.05, 0) is 24.3 Å². The molecule has 2 aromatic carbocycles. The molecule has 0 unspecified atom stereocenters. The molecule has 0 N–H and O–H groups in total. The first-order valence-corrected chi connectivity index (χ1v) is 8.45. The molecule has 1 saturated heterocycles. The van der Waals surface area contributed by atoms with Crippen LogP contribution in [-0.2, 0) is 14.3 Å². The van der Waals surface area contributed by atoms with Gasteiger partial charge < -0.3 is 19.1 Å². The number of nitrogens with zero attached hydrogens (tertiary/aromatic N) is 1. The van der Waals surface area contributed by atoms with E-state index in [1.807, 2.05) is 30.3 Å². The molecule has 1 amide bonds. The molecule has 0 aromatic heterocycles. The summed E-state index contributed by atoms with van der Waals surface area (Å²) in [5.74, 6) is -0.00906. The van der Waals surface area contributed by atoms with Crippen LogP contribution in [-0.4, -0.2) is 50.2 Å². The van der Waals surface area contributed by atoms with E-state index in [4.69, 9.17) is 14.2 Å². The molecule has 2 aromatic rings. The molecule has 3 rings (SSSR count). The van der Waals surface area contributed by atoms with Gasteiger partial charge in [0.15, 0.2) is 0 Å². The summed E-state index contributed by atoms with van der Waals surface area (Å²) < 4.78 is 16.0. The van der Waals surface area contributed by atoms with Crippen molar-refractivity contribution in [1.29, 1.82) is 0 Å². The molecule has 6 heteroatoms. The smallest absolute Gasteiger partial charge is 0.337 e. The Morgan fingerprint density at radius 2 is 1.65 bits per heavy atom. The standard InChI is InChI=1S/C20H21NO5/c1-24-20(23)16-7-9-17(10-8-16)26-18(15-5-3-2-4-6-15)19(22)21-11-13-25-14-12-21/h2-10,18H,11-14H2,1H3/t18-/m0/s1. The van der Waals surface area contributed by atoms with E-state index in [-0.39, 0.29) is 5.91 Å². The Balaban J connectivity index is 1.81. The molecule has 0 radical (unpaired) electrons. The quantitative estimate of drug-likeness (QED) is 0.771. The molecule has 0 bridgehead atoms. The Hall–Kier alpha value is -2.86. The van der Waals surface area contributed by atoms with E-state index >= 15 is 0 Å². The van der Waals surface area contributed by atoms with Gasteiger partial charge >= 0.3 is 5.97 Å². The summed E-state index contributed by atoms with van der Waals surface area (Å²) >= 11 is 0. The lowest BCUT2D eigenvalue weighted by Crippen LogP contribution is -2.44. The fourth-order valence-corrected chi connectivity index (χ4v) is 2.76. The molecule has 6 nitrogen and oxygen atoms in total. The van der Waals surface area contributed by atoms with Crippen LogP contribution >= 0.6 is 0 Å². The van der Waals surface area contributed by atoms with Gasteiger partial charge in [0.2, 0.25) is 6.10 Å². The summed E-state index contributed by atoms with van der Waals surface area (Å²) in [5, 5.41) is 0. The predicted molar refractivity (Wildman–Crippen MR) is 95.0 cm³/mol. The van der Waals surface area contributed by atoms with Gasteiger partial charge in [0, 0.05) is 18.7 Å². The zero-order chi connectivity index (χ0) is 18.4. The first-order valence-electron chi connectivity index (χ1n) is 8.45. The molecular weight excluding hydrogens is 334 g/mol. The Labute approximate surface area is 152 Å². The van der Waals surface area contributed by atoms with Crippen LogP contribution in [0.3, 0.4) is 0 Å². The Morgan fingerprint density at radius 1 is 1.00 bits per heavy atom. The first-order chi connectivity index (χ1) is 12.7. The summed E-state index contributed by atoms with van der Waals surface area (Å²) in [6.45, 7) is 2.15. The van der Waals surface area contributed by atoms with Gasteiger partial charge in [-0.2, -0.15) is 0 Å². The Bertz CT molecular complexity index is 739. The van der Waals surface area contributed by atoms with Gasteiger partial charge in [-0.15, -0.1) is 0 Å². The maximum atomic E-state index is 13.0. The van der Waals surface area contributed by atoms with E-state index in [0.717, 1.165) is 5.56 Å². The minimum absolute atomic E-state index is 0.100. The molecule has 1 aliphatic rings. The number of morpholine rings is 1. The summed E-state index contributed by atoms with van der Waals surface area (Å²) in [7, 11) is 1.33. The number of hydrogen-bond acceptors (Lipinski definition) is 5. The minimum atomic E-state index is -0.752. The fraction of sp³-hybridized carbons (Fsp3) is 0.300. The Kier molecular flexibility index (Phi) is 5.86. The van der Waals surface area contributed by atoms with Crippen molar-refractivity contribution in [1.82, 2.24) is 4.90 Å². The highest BCUT2D eigenvalue weighted by molar-refractivity contribution is 5.89. The van der Waals surface area contributed by atoms with Crippen molar-refractivity contribution >= 4 is 11.9 Å². The number of methoxy groups -OCH3 is 1. The molecule has 0 aliphatic carbocycles. The van der Waals surface area contributed by atoms with Crippen LogP contribution in [0.5, 0.6) is 5.75 Å². The van der Waals surface area contributed by atoms with Crippen molar-refractivity contribution in [3.05, 3.63) is 65.7 Å². The molecular formula is C20H21NO5. The Morgan fingerprint density at radius 3 is 2.27 bits per heavy atom. The van der Waals surface area contributed by atoms with E-state index in [1.165, 1.54) is 7.11 Å². The molecule has 26 heavy (non-hydrogen) atoms. The molecule has 136 valence electrons. The first kappa shape index (κ1) is 17.9. The van der Waals surface area contributed by atoms with E-state index in [0.29, 0.717) is 37.6 Å². The maximum Gasteiger partial charge on any atom is 0.337 e. The normalized spacial score (nSPS) is 15.2. The van der Waals surface area contributed by atoms with E-state index in [9.17, 15) is 9.59 Å². The fourth-order valence-electron chi connectivity index (χ4n) is 2.76. The lowest BCUT2D eigenvalue weighted by Gasteiger charge is -2.30. The van der Waals surface area contributed by atoms with Crippen LogP contribution in [0.15, 0.2) is 54.6 Å². The molecule has 1 aliphatic heterocycles. The second-order valence-corrected chi connectivity index (χ2v) is 5.86. The third-order valence-electron chi connectivity index (χ3n) is 4.18. The van der Waals surface area contributed by atoms with E-state index < -0.39 is 12.1 Å². The number of esters is 1. The lowest BCUT2D eigenvalue weighted by atomic mass is 10.1. The second-order valence-electron chi connectivity index (χ2n) is 5.86. The minimum Gasteiger partial charge on any atom is -0.476 e. The van der Waals surface area contributed by atoms with Crippen molar-refractivity contribution in [3.8, 4) is 5.75 Å². The molecule has 0 spiro atoms. The number of hydrogen-bond donors (Lipinski definition) is 0. The van der Waals surface area contributed by atoms with Crippen molar-refractivity contribution < 1.29 is 23.8 Å².